The van der Waals surface area contributed by atoms with Crippen molar-refractivity contribution in [3.05, 3.63) is 88.3 Å². The molecule has 132 valence electrons. The quantitative estimate of drug-likeness (QED) is 0.632. The maximum atomic E-state index is 12.4. The first kappa shape index (κ1) is 17.9. The van der Waals surface area contributed by atoms with Gasteiger partial charge in [0.2, 0.25) is 0 Å². The molecule has 2 N–H and O–H groups in total. The first-order valence-electron chi connectivity index (χ1n) is 8.05. The fraction of sp³-hybridized carbons (Fsp3) is 0.100. The predicted octanol–water partition coefficient (Wildman–Crippen LogP) is 4.79. The fourth-order valence-electron chi connectivity index (χ4n) is 2.44. The molecule has 0 bridgehead atoms. The summed E-state index contributed by atoms with van der Waals surface area (Å²) in [7, 11) is 0. The molecule has 0 aliphatic heterocycles. The SMILES string of the molecule is CC(NC(=O)c1ccc(NC(=O)c2ccc(Br)o2)cc1)c1ccccc1. The highest BCUT2D eigenvalue weighted by atomic mass is 79.9. The van der Waals surface area contributed by atoms with E-state index >= 15 is 0 Å². The highest BCUT2D eigenvalue weighted by Crippen LogP contribution is 2.17. The molecule has 0 radical (unpaired) electrons. The lowest BCUT2D eigenvalue weighted by atomic mass is 10.1. The predicted molar refractivity (Wildman–Crippen MR) is 103 cm³/mol. The Hall–Kier alpha value is -2.86. The summed E-state index contributed by atoms with van der Waals surface area (Å²) in [5, 5.41) is 5.67. The second-order valence-corrected chi connectivity index (χ2v) is 6.52. The van der Waals surface area contributed by atoms with Gasteiger partial charge in [-0.05, 0) is 64.8 Å². The van der Waals surface area contributed by atoms with Crippen LogP contribution in [0, 0.1) is 0 Å². The number of rotatable bonds is 5. The summed E-state index contributed by atoms with van der Waals surface area (Å²) in [4.78, 5) is 24.4. The maximum Gasteiger partial charge on any atom is 0.291 e. The molecule has 6 heteroatoms. The van der Waals surface area contributed by atoms with E-state index in [9.17, 15) is 9.59 Å². The first-order valence-corrected chi connectivity index (χ1v) is 8.85. The number of benzene rings is 2. The maximum absolute atomic E-state index is 12.4. The van der Waals surface area contributed by atoms with Crippen molar-refractivity contribution in [2.75, 3.05) is 5.32 Å². The van der Waals surface area contributed by atoms with E-state index in [0.29, 0.717) is 15.9 Å². The van der Waals surface area contributed by atoms with Gasteiger partial charge in [-0.25, -0.2) is 0 Å². The Balaban J connectivity index is 1.61. The number of hydrogen-bond donors (Lipinski definition) is 2. The molecule has 0 aliphatic carbocycles. The Kier molecular flexibility index (Phi) is 5.53. The lowest BCUT2D eigenvalue weighted by Gasteiger charge is -2.14. The zero-order chi connectivity index (χ0) is 18.5. The number of carbonyl (C=O) groups is 2. The molecule has 1 atom stereocenters. The van der Waals surface area contributed by atoms with Gasteiger partial charge in [-0.3, -0.25) is 9.59 Å². The topological polar surface area (TPSA) is 71.3 Å². The normalized spacial score (nSPS) is 11.6. The largest absolute Gasteiger partial charge is 0.444 e. The van der Waals surface area contributed by atoms with E-state index in [2.05, 4.69) is 26.6 Å². The third-order valence-electron chi connectivity index (χ3n) is 3.85. The van der Waals surface area contributed by atoms with Crippen molar-refractivity contribution in [2.45, 2.75) is 13.0 Å². The van der Waals surface area contributed by atoms with E-state index < -0.39 is 0 Å². The van der Waals surface area contributed by atoms with Gasteiger partial charge in [-0.1, -0.05) is 30.3 Å². The van der Waals surface area contributed by atoms with Crippen LogP contribution >= 0.6 is 15.9 Å². The zero-order valence-corrected chi connectivity index (χ0v) is 15.6. The molecule has 26 heavy (non-hydrogen) atoms. The van der Waals surface area contributed by atoms with Crippen molar-refractivity contribution in [1.29, 1.82) is 0 Å². The zero-order valence-electron chi connectivity index (χ0n) is 14.0. The Labute approximate surface area is 159 Å². The molecule has 2 aromatic carbocycles. The summed E-state index contributed by atoms with van der Waals surface area (Å²) in [5.74, 6) is -0.324. The average molecular weight is 413 g/mol. The molecule has 5 nitrogen and oxygen atoms in total. The summed E-state index contributed by atoms with van der Waals surface area (Å²) in [6, 6.07) is 19.6. The van der Waals surface area contributed by atoms with E-state index in [1.807, 2.05) is 37.3 Å². The number of amides is 2. The van der Waals surface area contributed by atoms with Crippen LogP contribution in [0.5, 0.6) is 0 Å². The van der Waals surface area contributed by atoms with Crippen molar-refractivity contribution >= 4 is 33.4 Å². The van der Waals surface area contributed by atoms with Crippen molar-refractivity contribution in [3.63, 3.8) is 0 Å². The van der Waals surface area contributed by atoms with Gasteiger partial charge in [0.25, 0.3) is 11.8 Å². The monoisotopic (exact) mass is 412 g/mol. The summed E-state index contributed by atoms with van der Waals surface area (Å²) >= 11 is 3.16. The van der Waals surface area contributed by atoms with Crippen LogP contribution in [0.15, 0.2) is 75.8 Å². The van der Waals surface area contributed by atoms with E-state index in [0.717, 1.165) is 5.56 Å². The Morgan fingerprint density at radius 1 is 0.923 bits per heavy atom. The minimum atomic E-state index is -0.356. The van der Waals surface area contributed by atoms with Crippen LogP contribution in [-0.4, -0.2) is 11.8 Å². The van der Waals surface area contributed by atoms with E-state index in [4.69, 9.17) is 4.42 Å². The van der Waals surface area contributed by atoms with Gasteiger partial charge in [0, 0.05) is 11.3 Å². The number of nitrogens with one attached hydrogen (secondary N) is 2. The molecule has 2 amide bonds. The number of carbonyl (C=O) groups excluding carboxylic acids is 2. The highest BCUT2D eigenvalue weighted by Gasteiger charge is 2.13. The molecule has 1 aromatic heterocycles. The third kappa shape index (κ3) is 4.40. The van der Waals surface area contributed by atoms with E-state index in [-0.39, 0.29) is 23.6 Å². The first-order chi connectivity index (χ1) is 12.5. The minimum absolute atomic E-state index is 0.0968. The van der Waals surface area contributed by atoms with Crippen LogP contribution in [0.1, 0.15) is 39.4 Å². The van der Waals surface area contributed by atoms with Crippen LogP contribution in [0.3, 0.4) is 0 Å². The Bertz CT molecular complexity index is 904. The molecule has 0 aliphatic rings. The van der Waals surface area contributed by atoms with Crippen LogP contribution in [0.2, 0.25) is 0 Å². The summed E-state index contributed by atoms with van der Waals surface area (Å²) in [6.07, 6.45) is 0. The van der Waals surface area contributed by atoms with Gasteiger partial charge in [0.1, 0.15) is 0 Å². The summed E-state index contributed by atoms with van der Waals surface area (Å²) in [5.41, 5.74) is 2.14. The van der Waals surface area contributed by atoms with E-state index in [1.54, 1.807) is 36.4 Å². The van der Waals surface area contributed by atoms with Gasteiger partial charge in [0.05, 0.1) is 6.04 Å². The second-order valence-electron chi connectivity index (χ2n) is 5.74. The summed E-state index contributed by atoms with van der Waals surface area (Å²) in [6.45, 7) is 1.93. The van der Waals surface area contributed by atoms with Crippen molar-refractivity contribution in [3.8, 4) is 0 Å². The summed E-state index contributed by atoms with van der Waals surface area (Å²) < 4.78 is 5.69. The molecule has 1 unspecified atom stereocenters. The average Bonchev–Trinajstić information content (AvgIpc) is 3.09. The molecule has 0 saturated carbocycles. The molecule has 0 spiro atoms. The molecular formula is C20H17BrN2O3. The van der Waals surface area contributed by atoms with Crippen molar-refractivity contribution in [2.24, 2.45) is 0 Å². The lowest BCUT2D eigenvalue weighted by Crippen LogP contribution is -2.26. The Morgan fingerprint density at radius 2 is 1.62 bits per heavy atom. The molecule has 1 heterocycles. The van der Waals surface area contributed by atoms with E-state index in [1.165, 1.54) is 0 Å². The minimum Gasteiger partial charge on any atom is -0.444 e. The van der Waals surface area contributed by atoms with Crippen LogP contribution in [-0.2, 0) is 0 Å². The third-order valence-corrected chi connectivity index (χ3v) is 4.28. The lowest BCUT2D eigenvalue weighted by molar-refractivity contribution is 0.0939. The van der Waals surface area contributed by atoms with Gasteiger partial charge < -0.3 is 15.1 Å². The van der Waals surface area contributed by atoms with Gasteiger partial charge in [-0.15, -0.1) is 0 Å². The highest BCUT2D eigenvalue weighted by molar-refractivity contribution is 9.10. The van der Waals surface area contributed by atoms with Gasteiger partial charge in [-0.2, -0.15) is 0 Å². The van der Waals surface area contributed by atoms with Crippen LogP contribution < -0.4 is 10.6 Å². The fourth-order valence-corrected chi connectivity index (χ4v) is 2.75. The smallest absolute Gasteiger partial charge is 0.291 e. The molecule has 0 saturated heterocycles. The van der Waals surface area contributed by atoms with Crippen molar-refractivity contribution < 1.29 is 14.0 Å². The molecular weight excluding hydrogens is 396 g/mol. The van der Waals surface area contributed by atoms with Gasteiger partial charge >= 0.3 is 0 Å². The van der Waals surface area contributed by atoms with Crippen LogP contribution in [0.4, 0.5) is 5.69 Å². The van der Waals surface area contributed by atoms with Crippen molar-refractivity contribution in [1.82, 2.24) is 5.32 Å². The van der Waals surface area contributed by atoms with Crippen LogP contribution in [0.25, 0.3) is 0 Å². The molecule has 3 rings (SSSR count). The second kappa shape index (κ2) is 8.01. The standard InChI is InChI=1S/C20H17BrN2O3/c1-13(14-5-3-2-4-6-14)22-19(24)15-7-9-16(10-8-15)23-20(25)17-11-12-18(21)26-17/h2-13H,1H3,(H,22,24)(H,23,25). The van der Waals surface area contributed by atoms with Gasteiger partial charge in [0.15, 0.2) is 10.4 Å². The Morgan fingerprint density at radius 3 is 2.23 bits per heavy atom. The molecule has 0 fully saturated rings. The molecule has 3 aromatic rings. The number of furan rings is 1. The number of anilines is 1. The number of hydrogen-bond acceptors (Lipinski definition) is 3. The number of halogens is 1.